The number of hydrogen-bond acceptors (Lipinski definition) is 7. The minimum Gasteiger partial charge on any atom is -0.472 e. The average molecular weight is 258 g/mol. The zero-order chi connectivity index (χ0) is 13.3. The molecule has 0 aromatic rings. The first-order valence-electron chi connectivity index (χ1n) is 5.58. The lowest BCUT2D eigenvalue weighted by Crippen LogP contribution is -2.58. The van der Waals surface area contributed by atoms with Gasteiger partial charge in [-0.3, -0.25) is 0 Å². The van der Waals surface area contributed by atoms with Crippen LogP contribution in [0.3, 0.4) is 0 Å². The molecule has 0 aromatic heterocycles. The van der Waals surface area contributed by atoms with Crippen LogP contribution in [0, 0.1) is 5.92 Å². The van der Waals surface area contributed by atoms with Crippen LogP contribution in [0.5, 0.6) is 0 Å². The van der Waals surface area contributed by atoms with Gasteiger partial charge < -0.3 is 29.5 Å². The average Bonchev–Trinajstić information content (AvgIpc) is 2.95. The fourth-order valence-electron chi connectivity index (χ4n) is 3.18. The Balaban J connectivity index is 2.09. The minimum atomic E-state index is -1.91. The van der Waals surface area contributed by atoms with Gasteiger partial charge >= 0.3 is 5.97 Å². The molecule has 1 saturated carbocycles. The second-order valence-electron chi connectivity index (χ2n) is 5.02. The third-order valence-electron chi connectivity index (χ3n) is 4.17. The molecule has 0 unspecified atom stereocenters. The van der Waals surface area contributed by atoms with Crippen LogP contribution in [0.1, 0.15) is 6.92 Å². The molecule has 0 radical (unpaired) electrons. The molecule has 7 nitrogen and oxygen atoms in total. The monoisotopic (exact) mass is 258 g/mol. The van der Waals surface area contributed by atoms with Crippen molar-refractivity contribution in [2.24, 2.45) is 5.92 Å². The molecule has 0 amide bonds. The Morgan fingerprint density at radius 3 is 2.78 bits per heavy atom. The van der Waals surface area contributed by atoms with E-state index in [0.717, 1.165) is 13.4 Å². The molecule has 100 valence electrons. The molecule has 2 aliphatic heterocycles. The van der Waals surface area contributed by atoms with Crippen LogP contribution in [-0.2, 0) is 19.0 Å². The Hall–Kier alpha value is -1.15. The van der Waals surface area contributed by atoms with E-state index in [2.05, 4.69) is 4.74 Å². The third kappa shape index (κ3) is 1.10. The summed E-state index contributed by atoms with van der Waals surface area (Å²) in [6.45, 7) is 1.65. The highest BCUT2D eigenvalue weighted by atomic mass is 16.7. The van der Waals surface area contributed by atoms with Crippen molar-refractivity contribution in [1.29, 1.82) is 0 Å². The van der Waals surface area contributed by atoms with E-state index in [9.17, 15) is 20.1 Å². The predicted octanol–water partition coefficient (Wildman–Crippen LogP) is -1.73. The highest BCUT2D eigenvalue weighted by molar-refractivity contribution is 5.91. The topological polar surface area (TPSA) is 109 Å². The Kier molecular flexibility index (Phi) is 2.14. The molecule has 0 spiro atoms. The lowest BCUT2D eigenvalue weighted by molar-refractivity contribution is -0.209. The number of aliphatic hydroxyl groups excluding tert-OH is 2. The molecule has 1 aliphatic carbocycles. The van der Waals surface area contributed by atoms with Crippen molar-refractivity contribution in [3.05, 3.63) is 11.8 Å². The summed E-state index contributed by atoms with van der Waals surface area (Å²) in [6, 6.07) is 0. The number of aliphatic hydroxyl groups is 3. The molecule has 0 aromatic carbocycles. The summed E-state index contributed by atoms with van der Waals surface area (Å²) in [4.78, 5) is 11.6. The number of carbonyl (C=O) groups excluding carboxylic acids is 1. The molecule has 0 bridgehead atoms. The first-order chi connectivity index (χ1) is 8.37. The molecule has 6 atom stereocenters. The Morgan fingerprint density at radius 1 is 1.50 bits per heavy atom. The SMILES string of the molecule is COC(=O)C1=CO[C@H](O)[C@@H]2[C@@]3(C)O[C@H]3[C@@H](O)[C@]12O. The molecule has 3 rings (SSSR count). The van der Waals surface area contributed by atoms with Crippen LogP contribution < -0.4 is 0 Å². The van der Waals surface area contributed by atoms with Crippen molar-refractivity contribution in [3.8, 4) is 0 Å². The van der Waals surface area contributed by atoms with Gasteiger partial charge in [0.15, 0.2) is 0 Å². The van der Waals surface area contributed by atoms with E-state index in [4.69, 9.17) is 9.47 Å². The third-order valence-corrected chi connectivity index (χ3v) is 4.17. The van der Waals surface area contributed by atoms with E-state index in [1.165, 1.54) is 0 Å². The maximum absolute atomic E-state index is 11.6. The highest BCUT2D eigenvalue weighted by Gasteiger charge is 2.81. The summed E-state index contributed by atoms with van der Waals surface area (Å²) in [5, 5.41) is 30.6. The number of epoxide rings is 1. The zero-order valence-electron chi connectivity index (χ0n) is 9.86. The number of hydrogen-bond donors (Lipinski definition) is 3. The lowest BCUT2D eigenvalue weighted by Gasteiger charge is -2.41. The fraction of sp³-hybridized carbons (Fsp3) is 0.727. The van der Waals surface area contributed by atoms with Gasteiger partial charge in [-0.15, -0.1) is 0 Å². The smallest absolute Gasteiger partial charge is 0.339 e. The van der Waals surface area contributed by atoms with Crippen molar-refractivity contribution in [2.45, 2.75) is 36.6 Å². The van der Waals surface area contributed by atoms with Crippen molar-refractivity contribution in [1.82, 2.24) is 0 Å². The van der Waals surface area contributed by atoms with E-state index in [0.29, 0.717) is 0 Å². The molecule has 3 N–H and O–H groups in total. The summed E-state index contributed by atoms with van der Waals surface area (Å²) in [5.74, 6) is -1.75. The number of ether oxygens (including phenoxy) is 3. The van der Waals surface area contributed by atoms with Gasteiger partial charge in [-0.05, 0) is 6.92 Å². The minimum absolute atomic E-state index is 0.204. The molecule has 1 saturated heterocycles. The first-order valence-corrected chi connectivity index (χ1v) is 5.58. The second-order valence-corrected chi connectivity index (χ2v) is 5.02. The molecule has 7 heteroatoms. The van der Waals surface area contributed by atoms with E-state index in [-0.39, 0.29) is 5.57 Å². The van der Waals surface area contributed by atoms with Crippen molar-refractivity contribution in [3.63, 3.8) is 0 Å². The summed E-state index contributed by atoms with van der Waals surface area (Å²) in [7, 11) is 1.16. The van der Waals surface area contributed by atoms with Gasteiger partial charge in [0, 0.05) is 0 Å². The predicted molar refractivity (Wildman–Crippen MR) is 54.9 cm³/mol. The van der Waals surface area contributed by atoms with Crippen LogP contribution in [0.4, 0.5) is 0 Å². The van der Waals surface area contributed by atoms with Crippen molar-refractivity contribution in [2.75, 3.05) is 7.11 Å². The van der Waals surface area contributed by atoms with Gasteiger partial charge in [-0.1, -0.05) is 0 Å². The Labute approximate surface area is 103 Å². The van der Waals surface area contributed by atoms with Crippen molar-refractivity contribution < 1.29 is 34.3 Å². The van der Waals surface area contributed by atoms with E-state index < -0.39 is 41.6 Å². The molecular weight excluding hydrogens is 244 g/mol. The van der Waals surface area contributed by atoms with Crippen LogP contribution in [0.2, 0.25) is 0 Å². The zero-order valence-corrected chi connectivity index (χ0v) is 9.86. The summed E-state index contributed by atoms with van der Waals surface area (Å²) >= 11 is 0. The second kappa shape index (κ2) is 3.24. The lowest BCUT2D eigenvalue weighted by atomic mass is 9.77. The maximum Gasteiger partial charge on any atom is 0.339 e. The van der Waals surface area contributed by atoms with Gasteiger partial charge in [0.05, 0.1) is 19.3 Å². The summed E-state index contributed by atoms with van der Waals surface area (Å²) in [6.07, 6.45) is -2.35. The molecule has 18 heavy (non-hydrogen) atoms. The Morgan fingerprint density at radius 2 is 2.17 bits per heavy atom. The van der Waals surface area contributed by atoms with Crippen LogP contribution in [-0.4, -0.2) is 58.1 Å². The number of methoxy groups -OCH3 is 1. The quantitative estimate of drug-likeness (QED) is 0.379. The van der Waals surface area contributed by atoms with Gasteiger partial charge in [-0.2, -0.15) is 0 Å². The molecule has 3 aliphatic rings. The van der Waals surface area contributed by atoms with Crippen LogP contribution in [0.25, 0.3) is 0 Å². The largest absolute Gasteiger partial charge is 0.472 e. The van der Waals surface area contributed by atoms with Crippen molar-refractivity contribution >= 4 is 5.97 Å². The number of rotatable bonds is 1. The van der Waals surface area contributed by atoms with Gasteiger partial charge in [-0.25, -0.2) is 4.79 Å². The first kappa shape index (κ1) is 11.9. The van der Waals surface area contributed by atoms with E-state index >= 15 is 0 Å². The van der Waals surface area contributed by atoms with Gasteiger partial charge in [0.2, 0.25) is 6.29 Å². The number of esters is 1. The summed E-state index contributed by atoms with van der Waals surface area (Å²) in [5.41, 5.74) is -3.02. The molecule has 2 fully saturated rings. The van der Waals surface area contributed by atoms with Crippen LogP contribution >= 0.6 is 0 Å². The number of carbonyl (C=O) groups is 1. The maximum atomic E-state index is 11.6. The number of fused-ring (bicyclic) bond motifs is 3. The summed E-state index contributed by atoms with van der Waals surface area (Å²) < 4.78 is 14.8. The van der Waals surface area contributed by atoms with Gasteiger partial charge in [0.1, 0.15) is 29.0 Å². The standard InChI is InChI=1S/C11H14O7/c1-10-5-9(14)17-3-4(8(13)16-2)11(5,15)6(12)7(10)18-10/h3,5-7,9,12,14-15H,1-2H3/t5-,6-,7+,9+,10-,11+/m1/s1. The Bertz CT molecular complexity index is 447. The van der Waals surface area contributed by atoms with E-state index in [1.807, 2.05) is 0 Å². The normalized spacial score (nSPS) is 52.8. The molecule has 2 heterocycles. The fourth-order valence-corrected chi connectivity index (χ4v) is 3.18. The molecular formula is C11H14O7. The van der Waals surface area contributed by atoms with E-state index in [1.54, 1.807) is 6.92 Å². The highest BCUT2D eigenvalue weighted by Crippen LogP contribution is 2.62. The van der Waals surface area contributed by atoms with Gasteiger partial charge in [0.25, 0.3) is 0 Å². The van der Waals surface area contributed by atoms with Crippen LogP contribution in [0.15, 0.2) is 11.8 Å².